The summed E-state index contributed by atoms with van der Waals surface area (Å²) in [7, 11) is 0. The summed E-state index contributed by atoms with van der Waals surface area (Å²) < 4.78 is 75.6. The zero-order valence-electron chi connectivity index (χ0n) is 22.7. The molecule has 43 heavy (non-hydrogen) atoms. The first kappa shape index (κ1) is 42.2. The Morgan fingerprint density at radius 3 is 1.60 bits per heavy atom. The van der Waals surface area contributed by atoms with Gasteiger partial charge < -0.3 is 33.6 Å². The van der Waals surface area contributed by atoms with Crippen molar-refractivity contribution in [3.8, 4) is 0 Å². The summed E-state index contributed by atoms with van der Waals surface area (Å²) in [5, 5.41) is 2.52. The molecule has 0 saturated heterocycles. The number of hydrogen-bond acceptors (Lipinski definition) is 5. The Labute approximate surface area is 286 Å². The molecule has 4 rings (SSSR count). The molecule has 2 saturated carbocycles. The number of carbonyl (C=O) groups excluding carboxylic acids is 2. The number of halogens is 10. The minimum Gasteiger partial charge on any atom is -0.355 e. The van der Waals surface area contributed by atoms with Crippen LogP contribution in [0, 0.1) is 16.3 Å². The third-order valence-corrected chi connectivity index (χ3v) is 6.34. The van der Waals surface area contributed by atoms with Gasteiger partial charge in [-0.2, -0.15) is 33.3 Å². The van der Waals surface area contributed by atoms with Gasteiger partial charge in [-0.15, -0.1) is 0 Å². The number of hydrogen-bond donors (Lipinski definition) is 2. The predicted octanol–water partition coefficient (Wildman–Crippen LogP) is 7.84. The minimum absolute atomic E-state index is 0. The Morgan fingerprint density at radius 1 is 0.930 bits per heavy atom. The van der Waals surface area contributed by atoms with Crippen molar-refractivity contribution in [3.63, 3.8) is 0 Å². The van der Waals surface area contributed by atoms with E-state index in [4.69, 9.17) is 40.5 Å². The number of alkyl halides is 6. The van der Waals surface area contributed by atoms with Crippen molar-refractivity contribution >= 4 is 68.5 Å². The molecular formula is C26H29Cl3F6IN4O2V-. The average Bonchev–Trinajstić information content (AvgIpc) is 3.79. The van der Waals surface area contributed by atoms with Gasteiger partial charge >= 0.3 is 12.4 Å². The van der Waals surface area contributed by atoms with E-state index in [1.807, 2.05) is 11.4 Å². The summed E-state index contributed by atoms with van der Waals surface area (Å²) in [6.07, 6.45) is -2.80. The molecule has 17 heteroatoms. The van der Waals surface area contributed by atoms with E-state index in [1.165, 1.54) is 0 Å². The van der Waals surface area contributed by atoms with Crippen molar-refractivity contribution in [2.45, 2.75) is 57.8 Å². The van der Waals surface area contributed by atoms with Gasteiger partial charge in [0.05, 0.1) is 32.6 Å². The summed E-state index contributed by atoms with van der Waals surface area (Å²) in [4.78, 5) is 28.6. The number of pyridine rings is 2. The number of nitrogens with one attached hydrogen (secondary N) is 1. The van der Waals surface area contributed by atoms with Crippen molar-refractivity contribution in [1.29, 1.82) is 0 Å². The predicted molar refractivity (Wildman–Crippen MR) is 158 cm³/mol. The van der Waals surface area contributed by atoms with Gasteiger partial charge in [-0.3, -0.25) is 24.0 Å². The summed E-state index contributed by atoms with van der Waals surface area (Å²) >= 11 is 18.5. The average molecular weight is 828 g/mol. The van der Waals surface area contributed by atoms with E-state index in [0.29, 0.717) is 37.3 Å². The second kappa shape index (κ2) is 20.3. The van der Waals surface area contributed by atoms with Crippen molar-refractivity contribution in [2.24, 2.45) is 17.6 Å². The molecule has 6 nitrogen and oxygen atoms in total. The number of nitrogens with two attached hydrogens (primary N) is 1. The molecule has 0 bridgehead atoms. The fraction of sp³-hybridized carbons (Fsp3) is 0.500. The molecule has 241 valence electrons. The van der Waals surface area contributed by atoms with Gasteiger partial charge in [0, 0.05) is 62.2 Å². The Balaban J connectivity index is 0.000000642. The Bertz CT molecular complexity index is 1170. The molecule has 2 heterocycles. The summed E-state index contributed by atoms with van der Waals surface area (Å²) in [6, 6.07) is 1.71. The zero-order chi connectivity index (χ0) is 32.1. The van der Waals surface area contributed by atoms with Crippen molar-refractivity contribution < 1.29 is 54.5 Å². The number of amides is 1. The normalized spacial score (nSPS) is 14.0. The SMILES string of the molecule is C[CH-]I.NCCc1ncc(C(F)(F)F)cc1Cl.O=C(Cl)C1CC1.O=C(NCCc1ncc(C(F)(F)F)cc1Cl)C1CC1.[V]. The molecule has 2 aromatic rings. The van der Waals surface area contributed by atoms with Gasteiger partial charge in [0.15, 0.2) is 0 Å². The van der Waals surface area contributed by atoms with E-state index in [2.05, 4.69) is 37.9 Å². The molecule has 0 aromatic carbocycles. The van der Waals surface area contributed by atoms with Crippen LogP contribution in [-0.4, -0.2) is 34.2 Å². The van der Waals surface area contributed by atoms with E-state index in [0.717, 1.165) is 50.2 Å². The first-order valence-electron chi connectivity index (χ1n) is 12.5. The molecule has 3 N–H and O–H groups in total. The summed E-state index contributed by atoms with van der Waals surface area (Å²) in [6.45, 7) is 2.62. The largest absolute Gasteiger partial charge is 0.417 e. The van der Waals surface area contributed by atoms with Crippen molar-refractivity contribution in [2.75, 3.05) is 13.1 Å². The minimum atomic E-state index is -4.45. The van der Waals surface area contributed by atoms with E-state index in [-0.39, 0.29) is 51.6 Å². The fourth-order valence-corrected chi connectivity index (χ4v) is 3.59. The number of rotatable bonds is 7. The molecule has 2 aliphatic carbocycles. The van der Waals surface area contributed by atoms with E-state index in [1.54, 1.807) is 0 Å². The molecule has 0 aliphatic heterocycles. The Hall–Kier alpha value is -0.836. The molecule has 2 aromatic heterocycles. The molecule has 0 unspecified atom stereocenters. The topological polar surface area (TPSA) is 98.0 Å². The number of aromatic nitrogens is 2. The second-order valence-electron chi connectivity index (χ2n) is 8.95. The Kier molecular flexibility index (Phi) is 19.9. The molecule has 0 atom stereocenters. The van der Waals surface area contributed by atoms with Crippen LogP contribution in [0.15, 0.2) is 24.5 Å². The van der Waals surface area contributed by atoms with Crippen molar-refractivity contribution in [3.05, 3.63) is 61.5 Å². The third-order valence-electron chi connectivity index (χ3n) is 5.38. The van der Waals surface area contributed by atoms with E-state index in [9.17, 15) is 35.9 Å². The van der Waals surface area contributed by atoms with E-state index >= 15 is 0 Å². The maximum atomic E-state index is 12.4. The number of nitrogens with zero attached hydrogens (tertiary/aromatic N) is 2. The quantitative estimate of drug-likeness (QED) is 0.128. The van der Waals surface area contributed by atoms with Crippen LogP contribution >= 0.6 is 57.4 Å². The Morgan fingerprint density at radius 2 is 1.33 bits per heavy atom. The maximum absolute atomic E-state index is 12.4. The van der Waals surface area contributed by atoms with Crippen LogP contribution in [0.2, 0.25) is 10.0 Å². The van der Waals surface area contributed by atoms with Crippen molar-refractivity contribution in [1.82, 2.24) is 15.3 Å². The van der Waals surface area contributed by atoms with Crippen LogP contribution in [0.3, 0.4) is 0 Å². The maximum Gasteiger partial charge on any atom is 0.417 e. The van der Waals surface area contributed by atoms with Gasteiger partial charge in [0.25, 0.3) is 0 Å². The third kappa shape index (κ3) is 17.4. The molecular weight excluding hydrogens is 799 g/mol. The van der Waals surface area contributed by atoms with Crippen LogP contribution in [0.1, 0.15) is 55.1 Å². The first-order chi connectivity index (χ1) is 19.5. The first-order valence-corrected chi connectivity index (χ1v) is 14.9. The van der Waals surface area contributed by atoms with Gasteiger partial charge in [-0.25, -0.2) is 0 Å². The van der Waals surface area contributed by atoms with Gasteiger partial charge in [-0.1, -0.05) is 23.2 Å². The van der Waals surface area contributed by atoms with Crippen LogP contribution in [0.25, 0.3) is 0 Å². The van der Waals surface area contributed by atoms with E-state index < -0.39 is 23.5 Å². The molecule has 1 amide bonds. The fourth-order valence-electron chi connectivity index (χ4n) is 2.85. The zero-order valence-corrected chi connectivity index (χ0v) is 28.5. The van der Waals surface area contributed by atoms with Crippen LogP contribution in [-0.2, 0) is 53.3 Å². The monoisotopic (exact) mass is 826 g/mol. The smallest absolute Gasteiger partial charge is 0.355 e. The molecule has 2 fully saturated rings. The van der Waals surface area contributed by atoms with Gasteiger partial charge in [0.2, 0.25) is 11.1 Å². The summed E-state index contributed by atoms with van der Waals surface area (Å²) in [5.74, 6) is 0.325. The molecule has 2 aliphatic rings. The molecule has 1 radical (unpaired) electrons. The van der Waals surface area contributed by atoms with Gasteiger partial charge in [0.1, 0.15) is 0 Å². The van der Waals surface area contributed by atoms with Crippen LogP contribution in [0.5, 0.6) is 0 Å². The summed E-state index contributed by atoms with van der Waals surface area (Å²) in [5.41, 5.74) is 4.26. The van der Waals surface area contributed by atoms with Crippen LogP contribution in [0.4, 0.5) is 26.3 Å². The number of carbonyl (C=O) groups is 2. The molecule has 0 spiro atoms. The second-order valence-corrected chi connectivity index (χ2v) is 11.4. The standard InChI is InChI=1S/C12H12ClF3N2O.C8H8ClF3N2.C4H5ClO.C2H4I.V/c13-9-5-8(12(14,15)16)6-18-10(9)3-4-17-11(19)7-1-2-7;9-6-3-5(8(10,11)12)4-14-7(6)1-2-13;5-4(6)3-1-2-3;1-2-3;/h5-7H,1-4H2,(H,17,19);3-4H,1-2,13H2;3H,1-2H2;2H,1H3;/q;;;-1;. The van der Waals surface area contributed by atoms with Crippen LogP contribution < -0.4 is 11.1 Å². The van der Waals surface area contributed by atoms with Gasteiger partial charge in [-0.05, 0) is 56.0 Å².